The predicted molar refractivity (Wildman–Crippen MR) is 235 cm³/mol. The molecule has 0 saturated heterocycles. The minimum absolute atomic E-state index is 0.655. The molecule has 0 unspecified atom stereocenters. The van der Waals surface area contributed by atoms with Crippen LogP contribution in [0.4, 0.5) is 0 Å². The first-order valence-electron chi connectivity index (χ1n) is 20.4. The van der Waals surface area contributed by atoms with Crippen LogP contribution in [0.5, 0.6) is 17.2 Å². The molecule has 0 amide bonds. The van der Waals surface area contributed by atoms with Gasteiger partial charge < -0.3 is 24.0 Å². The molecule has 4 aromatic carbocycles. The summed E-state index contributed by atoms with van der Waals surface area (Å²) in [6, 6.07) is 33.0. The van der Waals surface area contributed by atoms with Crippen molar-refractivity contribution in [2.24, 2.45) is 0 Å². The third kappa shape index (κ3) is 11.5. The molecule has 6 aromatic rings. The Morgan fingerprint density at radius 1 is 0.586 bits per heavy atom. The van der Waals surface area contributed by atoms with E-state index in [-0.39, 0.29) is 0 Å². The number of aromatic nitrogens is 4. The Labute approximate surface area is 350 Å². The van der Waals surface area contributed by atoms with Gasteiger partial charge in [-0.15, -0.1) is 0 Å². The lowest BCUT2D eigenvalue weighted by molar-refractivity contribution is 0.258. The molecule has 0 saturated carbocycles. The van der Waals surface area contributed by atoms with Crippen LogP contribution in [-0.4, -0.2) is 76.4 Å². The molecule has 58 heavy (non-hydrogen) atoms. The number of rotatable bonds is 21. The number of nitrogens with zero attached hydrogens (tertiary/aromatic N) is 6. The highest BCUT2D eigenvalue weighted by molar-refractivity contribution is 6.31. The first kappa shape index (κ1) is 42.5. The number of hydrogen-bond acceptors (Lipinski definition) is 7. The minimum atomic E-state index is 0.655. The summed E-state index contributed by atoms with van der Waals surface area (Å²) >= 11 is 6.42. The Balaban J connectivity index is 0.938. The summed E-state index contributed by atoms with van der Waals surface area (Å²) in [6.45, 7) is 17.4. The van der Waals surface area contributed by atoms with Gasteiger partial charge in [-0.05, 0) is 132 Å². The zero-order valence-corrected chi connectivity index (χ0v) is 36.1. The summed E-state index contributed by atoms with van der Waals surface area (Å²) in [5, 5.41) is 10.5. The Bertz CT molecular complexity index is 2210. The van der Waals surface area contributed by atoms with E-state index in [1.54, 1.807) is 0 Å². The molecule has 0 radical (unpaired) electrons. The molecule has 9 nitrogen and oxygen atoms in total. The van der Waals surface area contributed by atoms with Gasteiger partial charge >= 0.3 is 0 Å². The molecule has 2 aromatic heterocycles. The summed E-state index contributed by atoms with van der Waals surface area (Å²) in [5.74, 6) is 2.62. The predicted octanol–water partition coefficient (Wildman–Crippen LogP) is 9.93. The topological polar surface area (TPSA) is 69.8 Å². The highest BCUT2D eigenvalue weighted by Gasteiger charge is 2.16. The molecule has 2 heterocycles. The minimum Gasteiger partial charge on any atom is -0.494 e. The fraction of sp³-hybridized carbons (Fsp3) is 0.375. The van der Waals surface area contributed by atoms with Crippen molar-refractivity contribution in [3.63, 3.8) is 0 Å². The van der Waals surface area contributed by atoms with Crippen LogP contribution in [-0.2, 0) is 26.2 Å². The van der Waals surface area contributed by atoms with Crippen LogP contribution in [0.3, 0.4) is 0 Å². The second-order valence-electron chi connectivity index (χ2n) is 15.2. The van der Waals surface area contributed by atoms with Crippen LogP contribution < -0.4 is 14.2 Å². The van der Waals surface area contributed by atoms with Crippen molar-refractivity contribution in [3.8, 4) is 28.4 Å². The molecule has 0 N–H and O–H groups in total. The lowest BCUT2D eigenvalue weighted by Gasteiger charge is -2.17. The van der Waals surface area contributed by atoms with Gasteiger partial charge in [0.2, 0.25) is 0 Å². The van der Waals surface area contributed by atoms with Crippen LogP contribution in [0.25, 0.3) is 11.1 Å². The number of halogens is 1. The van der Waals surface area contributed by atoms with E-state index in [0.717, 1.165) is 90.4 Å². The fourth-order valence-corrected chi connectivity index (χ4v) is 7.53. The Morgan fingerprint density at radius 2 is 1.10 bits per heavy atom. The lowest BCUT2D eigenvalue weighted by Crippen LogP contribution is -2.21. The highest BCUT2D eigenvalue weighted by Crippen LogP contribution is 2.26. The molecule has 0 atom stereocenters. The summed E-state index contributed by atoms with van der Waals surface area (Å²) in [6.07, 6.45) is 1.87. The van der Waals surface area contributed by atoms with Gasteiger partial charge in [-0.25, -0.2) is 0 Å². The van der Waals surface area contributed by atoms with Crippen molar-refractivity contribution in [3.05, 3.63) is 147 Å². The van der Waals surface area contributed by atoms with E-state index in [0.29, 0.717) is 26.4 Å². The molecule has 0 fully saturated rings. The highest BCUT2D eigenvalue weighted by atomic mass is 35.5. The maximum absolute atomic E-state index is 6.42. The number of aryl methyl sites for hydroxylation is 2. The average molecular weight is 803 g/mol. The van der Waals surface area contributed by atoms with E-state index in [9.17, 15) is 0 Å². The van der Waals surface area contributed by atoms with Crippen molar-refractivity contribution in [1.82, 2.24) is 29.4 Å². The third-order valence-corrected chi connectivity index (χ3v) is 11.1. The molecule has 10 heteroatoms. The van der Waals surface area contributed by atoms with Gasteiger partial charge in [-0.3, -0.25) is 9.36 Å². The van der Waals surface area contributed by atoms with E-state index in [1.165, 1.54) is 33.6 Å². The Hall–Kier alpha value is -5.09. The van der Waals surface area contributed by atoms with Crippen molar-refractivity contribution in [2.75, 3.05) is 47.0 Å². The first-order chi connectivity index (χ1) is 28.1. The van der Waals surface area contributed by atoms with E-state index in [2.05, 4.69) is 116 Å². The van der Waals surface area contributed by atoms with E-state index in [1.807, 2.05) is 49.4 Å². The molecular weight excluding hydrogens is 744 g/mol. The van der Waals surface area contributed by atoms with Gasteiger partial charge in [-0.2, -0.15) is 10.2 Å². The lowest BCUT2D eigenvalue weighted by atomic mass is 10.0. The molecule has 0 aliphatic carbocycles. The van der Waals surface area contributed by atoms with Gasteiger partial charge in [0, 0.05) is 53.7 Å². The quantitative estimate of drug-likeness (QED) is 0.0672. The molecule has 0 spiro atoms. The molecule has 0 aliphatic heterocycles. The van der Waals surface area contributed by atoms with Crippen LogP contribution in [0.1, 0.15) is 64.8 Å². The van der Waals surface area contributed by atoms with E-state index < -0.39 is 0 Å². The maximum atomic E-state index is 6.42. The smallest absolute Gasteiger partial charge is 0.119 e. The second-order valence-corrected chi connectivity index (χ2v) is 15.6. The first-order valence-corrected chi connectivity index (χ1v) is 20.8. The number of hydrogen-bond donors (Lipinski definition) is 0. The van der Waals surface area contributed by atoms with Gasteiger partial charge in [0.05, 0.1) is 44.3 Å². The van der Waals surface area contributed by atoms with E-state index >= 15 is 0 Å². The number of ether oxygens (including phenoxy) is 3. The average Bonchev–Trinajstić information content (AvgIpc) is 3.63. The summed E-state index contributed by atoms with van der Waals surface area (Å²) < 4.78 is 21.8. The maximum Gasteiger partial charge on any atom is 0.119 e. The van der Waals surface area contributed by atoms with Crippen molar-refractivity contribution in [1.29, 1.82) is 0 Å². The van der Waals surface area contributed by atoms with Gasteiger partial charge in [0.1, 0.15) is 17.2 Å². The summed E-state index contributed by atoms with van der Waals surface area (Å²) in [5.41, 5.74) is 11.7. The molecule has 0 aliphatic rings. The second kappa shape index (κ2) is 20.6. The third-order valence-electron chi connectivity index (χ3n) is 10.7. The van der Waals surface area contributed by atoms with Crippen LogP contribution in [0.15, 0.2) is 97.1 Å². The molecule has 0 bridgehead atoms. The molecular formula is C48H59ClN6O3. The van der Waals surface area contributed by atoms with Crippen LogP contribution in [0, 0.1) is 27.7 Å². The van der Waals surface area contributed by atoms with Gasteiger partial charge in [0.15, 0.2) is 0 Å². The molecule has 6 rings (SSSR count). The fourth-order valence-electron chi connectivity index (χ4n) is 7.33. The van der Waals surface area contributed by atoms with Crippen molar-refractivity contribution in [2.45, 2.75) is 73.6 Å². The van der Waals surface area contributed by atoms with E-state index in [4.69, 9.17) is 36.0 Å². The van der Waals surface area contributed by atoms with Gasteiger partial charge in [-0.1, -0.05) is 60.1 Å². The Kier molecular flexibility index (Phi) is 15.1. The Morgan fingerprint density at radius 3 is 1.66 bits per heavy atom. The SMILES string of the molecule is CCOc1ccc(OCCCN(C)Cc2c(C)nn(Cc3cccc(-c4ccc(OCCCN(C)Cc5c(C)nn(Cc6ccccc6Cl)c5C)cc4)c3)c2C)cc1. The summed E-state index contributed by atoms with van der Waals surface area (Å²) in [4.78, 5) is 4.69. The zero-order chi connectivity index (χ0) is 41.0. The van der Waals surface area contributed by atoms with Crippen molar-refractivity contribution < 1.29 is 14.2 Å². The van der Waals surface area contributed by atoms with Gasteiger partial charge in [0.25, 0.3) is 0 Å². The zero-order valence-electron chi connectivity index (χ0n) is 35.3. The largest absolute Gasteiger partial charge is 0.494 e. The number of benzene rings is 4. The summed E-state index contributed by atoms with van der Waals surface area (Å²) in [7, 11) is 4.32. The van der Waals surface area contributed by atoms with Crippen LogP contribution in [0.2, 0.25) is 5.02 Å². The molecule has 306 valence electrons. The standard InChI is InChI=1S/C48H59ClN6O3/c1-8-56-43-22-24-45(25-23-43)58-29-13-27-52(6)33-46-35(2)50-54(37(46)4)31-39-14-11-16-41(30-39)40-18-20-44(21-19-40)57-28-12-26-53(7)34-47-36(3)51-55(38(47)5)32-42-15-9-10-17-48(42)49/h9-11,14-25,30H,8,12-13,26-29,31-34H2,1-7H3. The normalized spacial score (nSPS) is 11.5. The monoisotopic (exact) mass is 802 g/mol. The van der Waals surface area contributed by atoms with Crippen LogP contribution >= 0.6 is 11.6 Å². The van der Waals surface area contributed by atoms with Crippen molar-refractivity contribution >= 4 is 11.6 Å².